The molecule has 1 aromatic carbocycles. The van der Waals surface area contributed by atoms with E-state index in [-0.39, 0.29) is 24.4 Å². The summed E-state index contributed by atoms with van der Waals surface area (Å²) in [5.41, 5.74) is 1.74. The normalized spacial score (nSPS) is 19.6. The first-order valence-electron chi connectivity index (χ1n) is 10.2. The Balaban J connectivity index is 1.57. The zero-order valence-corrected chi connectivity index (χ0v) is 18.5. The highest BCUT2D eigenvalue weighted by atomic mass is 32.1. The van der Waals surface area contributed by atoms with Gasteiger partial charge in [-0.15, -0.1) is 11.3 Å². The van der Waals surface area contributed by atoms with Gasteiger partial charge in [0.25, 0.3) is 0 Å². The molecule has 1 aliphatic rings. The number of aromatic nitrogens is 1. The number of carbonyl (C=O) groups excluding carboxylic acids is 2. The third kappa shape index (κ3) is 5.44. The predicted octanol–water partition coefficient (Wildman–Crippen LogP) is 5.72. The van der Waals surface area contributed by atoms with Crippen LogP contribution in [-0.2, 0) is 20.9 Å². The van der Waals surface area contributed by atoms with E-state index in [1.807, 2.05) is 35.7 Å². The highest BCUT2D eigenvalue weighted by Gasteiger charge is 2.33. The zero-order chi connectivity index (χ0) is 21.0. The number of amides is 1. The summed E-state index contributed by atoms with van der Waals surface area (Å²) in [4.78, 5) is 30.7. The first-order chi connectivity index (χ1) is 13.8. The third-order valence-electron chi connectivity index (χ3n) is 5.71. The number of hydrogen-bond acceptors (Lipinski definition) is 5. The van der Waals surface area contributed by atoms with Gasteiger partial charge in [0.2, 0.25) is 5.91 Å². The van der Waals surface area contributed by atoms with Crippen LogP contribution in [0.4, 0.5) is 10.8 Å². The number of esters is 1. The molecule has 0 radical (unpaired) electrons. The van der Waals surface area contributed by atoms with Gasteiger partial charge in [0.1, 0.15) is 6.61 Å². The van der Waals surface area contributed by atoms with E-state index in [2.05, 4.69) is 25.8 Å². The maximum atomic E-state index is 12.5. The maximum absolute atomic E-state index is 12.5. The minimum Gasteiger partial charge on any atom is -0.459 e. The molecule has 5 nitrogen and oxygen atoms in total. The number of nitrogens with zero attached hydrogens (tertiary/aromatic N) is 2. The van der Waals surface area contributed by atoms with Crippen molar-refractivity contribution >= 4 is 34.0 Å². The summed E-state index contributed by atoms with van der Waals surface area (Å²) in [5, 5.41) is 2.43. The van der Waals surface area contributed by atoms with Crippen molar-refractivity contribution in [2.75, 3.05) is 4.90 Å². The van der Waals surface area contributed by atoms with Crippen molar-refractivity contribution in [3.8, 4) is 0 Å². The largest absolute Gasteiger partial charge is 0.459 e. The molecule has 0 atom stereocenters. The van der Waals surface area contributed by atoms with Gasteiger partial charge in [-0.25, -0.2) is 4.98 Å². The highest BCUT2D eigenvalue weighted by Crippen LogP contribution is 2.40. The Morgan fingerprint density at radius 1 is 1.14 bits per heavy atom. The standard InChI is InChI=1S/C23H30N2O3S/c1-16(26)25(20-8-6-5-7-9-20)22-24-19(15-29-22)14-28-21(27)17-10-12-18(13-11-17)23(2,3)4/h5-9,15,17-18H,10-14H2,1-4H3. The van der Waals surface area contributed by atoms with Crippen LogP contribution in [0.1, 0.15) is 59.1 Å². The second-order valence-corrected chi connectivity index (χ2v) is 9.67. The van der Waals surface area contributed by atoms with Crippen molar-refractivity contribution in [1.29, 1.82) is 0 Å². The lowest BCUT2D eigenvalue weighted by Gasteiger charge is -2.36. The summed E-state index contributed by atoms with van der Waals surface area (Å²) >= 11 is 1.37. The number of ether oxygens (including phenoxy) is 1. The molecule has 3 rings (SSSR count). The van der Waals surface area contributed by atoms with Gasteiger partial charge in [-0.2, -0.15) is 0 Å². The Labute approximate surface area is 177 Å². The van der Waals surface area contributed by atoms with Gasteiger partial charge in [0.05, 0.1) is 17.3 Å². The van der Waals surface area contributed by atoms with Gasteiger partial charge < -0.3 is 4.74 Å². The van der Waals surface area contributed by atoms with Gasteiger partial charge in [0, 0.05) is 12.3 Å². The molecule has 0 bridgehead atoms. The summed E-state index contributed by atoms with van der Waals surface area (Å²) in [6.45, 7) is 8.48. The van der Waals surface area contributed by atoms with Crippen molar-refractivity contribution in [3.63, 3.8) is 0 Å². The van der Waals surface area contributed by atoms with Crippen LogP contribution >= 0.6 is 11.3 Å². The summed E-state index contributed by atoms with van der Waals surface area (Å²) < 4.78 is 5.55. The number of para-hydroxylation sites is 1. The average Bonchev–Trinajstić information content (AvgIpc) is 3.14. The van der Waals surface area contributed by atoms with Gasteiger partial charge in [-0.1, -0.05) is 39.0 Å². The first kappa shape index (κ1) is 21.5. The van der Waals surface area contributed by atoms with Crippen LogP contribution in [0.3, 0.4) is 0 Å². The number of rotatable bonds is 5. The molecule has 1 aliphatic carbocycles. The van der Waals surface area contributed by atoms with Gasteiger partial charge >= 0.3 is 5.97 Å². The van der Waals surface area contributed by atoms with Gasteiger partial charge in [0.15, 0.2) is 5.13 Å². The Morgan fingerprint density at radius 3 is 2.38 bits per heavy atom. The Morgan fingerprint density at radius 2 is 1.79 bits per heavy atom. The van der Waals surface area contributed by atoms with Crippen LogP contribution in [0, 0.1) is 17.3 Å². The van der Waals surface area contributed by atoms with E-state index < -0.39 is 0 Å². The molecule has 1 fully saturated rings. The first-order valence-corrected chi connectivity index (χ1v) is 11.1. The molecule has 6 heteroatoms. The molecular formula is C23H30N2O3S. The molecule has 0 saturated heterocycles. The van der Waals surface area contributed by atoms with Crippen molar-refractivity contribution in [2.45, 2.75) is 60.0 Å². The van der Waals surface area contributed by atoms with E-state index in [0.717, 1.165) is 31.4 Å². The molecule has 0 unspecified atom stereocenters. The minimum absolute atomic E-state index is 0.00950. The Bertz CT molecular complexity index is 833. The third-order valence-corrected chi connectivity index (χ3v) is 6.58. The summed E-state index contributed by atoms with van der Waals surface area (Å²) in [6, 6.07) is 9.42. The second-order valence-electron chi connectivity index (χ2n) is 8.83. The monoisotopic (exact) mass is 414 g/mol. The van der Waals surface area contributed by atoms with Crippen LogP contribution in [0.15, 0.2) is 35.7 Å². The number of thiazole rings is 1. The maximum Gasteiger partial charge on any atom is 0.309 e. The fourth-order valence-electron chi connectivity index (χ4n) is 3.93. The summed E-state index contributed by atoms with van der Waals surface area (Å²) in [7, 11) is 0. The van der Waals surface area contributed by atoms with E-state index in [1.165, 1.54) is 18.3 Å². The van der Waals surface area contributed by atoms with Crippen LogP contribution in [-0.4, -0.2) is 16.9 Å². The molecule has 0 N–H and O–H groups in total. The fraction of sp³-hybridized carbons (Fsp3) is 0.522. The smallest absolute Gasteiger partial charge is 0.309 e. The lowest BCUT2D eigenvalue weighted by Crippen LogP contribution is -2.29. The van der Waals surface area contributed by atoms with Crippen molar-refractivity contribution in [1.82, 2.24) is 4.98 Å². The predicted molar refractivity (Wildman–Crippen MR) is 116 cm³/mol. The van der Waals surface area contributed by atoms with Crippen LogP contribution in [0.2, 0.25) is 0 Å². The molecule has 156 valence electrons. The summed E-state index contributed by atoms with van der Waals surface area (Å²) in [5.74, 6) is 0.427. The van der Waals surface area contributed by atoms with Crippen molar-refractivity contribution < 1.29 is 14.3 Å². The topological polar surface area (TPSA) is 59.5 Å². The van der Waals surface area contributed by atoms with E-state index in [4.69, 9.17) is 4.74 Å². The van der Waals surface area contributed by atoms with Gasteiger partial charge in [-0.05, 0) is 49.1 Å². The molecule has 1 amide bonds. The van der Waals surface area contributed by atoms with Crippen LogP contribution < -0.4 is 4.90 Å². The van der Waals surface area contributed by atoms with Crippen molar-refractivity contribution in [3.05, 3.63) is 41.4 Å². The van der Waals surface area contributed by atoms with Gasteiger partial charge in [-0.3, -0.25) is 14.5 Å². The molecular weight excluding hydrogens is 384 g/mol. The van der Waals surface area contributed by atoms with Crippen LogP contribution in [0.5, 0.6) is 0 Å². The highest BCUT2D eigenvalue weighted by molar-refractivity contribution is 7.14. The SMILES string of the molecule is CC(=O)N(c1ccccc1)c1nc(COC(=O)C2CCC(C(C)(C)C)CC2)cs1. The molecule has 1 saturated carbocycles. The van der Waals surface area contributed by atoms with E-state index in [0.29, 0.717) is 22.2 Å². The molecule has 2 aromatic rings. The zero-order valence-electron chi connectivity index (χ0n) is 17.7. The number of benzene rings is 1. The van der Waals surface area contributed by atoms with E-state index >= 15 is 0 Å². The Hall–Kier alpha value is -2.21. The summed E-state index contributed by atoms with van der Waals surface area (Å²) in [6.07, 6.45) is 3.95. The quantitative estimate of drug-likeness (QED) is 0.587. The lowest BCUT2D eigenvalue weighted by molar-refractivity contribution is -0.151. The van der Waals surface area contributed by atoms with E-state index in [1.54, 1.807) is 4.90 Å². The molecule has 29 heavy (non-hydrogen) atoms. The molecule has 1 heterocycles. The minimum atomic E-state index is -0.126. The second kappa shape index (κ2) is 9.08. The number of carbonyl (C=O) groups is 2. The Kier molecular flexibility index (Phi) is 6.73. The van der Waals surface area contributed by atoms with Crippen molar-refractivity contribution in [2.24, 2.45) is 17.3 Å². The number of anilines is 2. The average molecular weight is 415 g/mol. The molecule has 0 aliphatic heterocycles. The fourth-order valence-corrected chi connectivity index (χ4v) is 4.80. The van der Waals surface area contributed by atoms with E-state index in [9.17, 15) is 9.59 Å². The molecule has 0 spiro atoms. The number of hydrogen-bond donors (Lipinski definition) is 0. The molecule has 1 aromatic heterocycles. The lowest BCUT2D eigenvalue weighted by atomic mass is 9.70. The van der Waals surface area contributed by atoms with Crippen LogP contribution in [0.25, 0.3) is 0 Å².